The lowest BCUT2D eigenvalue weighted by molar-refractivity contribution is -0.130. The van der Waals surface area contributed by atoms with Crippen molar-refractivity contribution in [1.29, 1.82) is 0 Å². The molecule has 2 saturated heterocycles. The minimum absolute atomic E-state index is 0.0550. The number of hydrogen-bond donors (Lipinski definition) is 1. The molecule has 0 saturated carbocycles. The van der Waals surface area contributed by atoms with Crippen LogP contribution in [0.4, 0.5) is 5.69 Å². The van der Waals surface area contributed by atoms with E-state index in [4.69, 9.17) is 13.9 Å². The molecule has 2 fully saturated rings. The number of carbonyl (C=O) groups excluding carboxylic acids is 3. The molecule has 0 bridgehead atoms. The molecule has 1 N–H and O–H groups in total. The fraction of sp³-hybridized carbons (Fsp3) is 0.400. The highest BCUT2D eigenvalue weighted by molar-refractivity contribution is 6.00. The van der Waals surface area contributed by atoms with Crippen LogP contribution in [0.15, 0.2) is 51.7 Å². The van der Waals surface area contributed by atoms with E-state index in [-0.39, 0.29) is 35.1 Å². The molecule has 2 aromatic carbocycles. The van der Waals surface area contributed by atoms with Crippen LogP contribution >= 0.6 is 0 Å². The summed E-state index contributed by atoms with van der Waals surface area (Å²) in [4.78, 5) is 57.2. The number of carbonyl (C=O) groups is 3. The third kappa shape index (κ3) is 5.98. The second-order valence-corrected chi connectivity index (χ2v) is 10.1. The first-order valence-corrected chi connectivity index (χ1v) is 13.8. The summed E-state index contributed by atoms with van der Waals surface area (Å²) in [7, 11) is 2.91. The molecule has 11 nitrogen and oxygen atoms in total. The van der Waals surface area contributed by atoms with E-state index in [1.54, 1.807) is 4.90 Å². The van der Waals surface area contributed by atoms with Gasteiger partial charge in [0.1, 0.15) is 5.58 Å². The van der Waals surface area contributed by atoms with Gasteiger partial charge < -0.3 is 33.9 Å². The monoisotopic (exact) mass is 562 g/mol. The summed E-state index contributed by atoms with van der Waals surface area (Å²) < 4.78 is 16.1. The summed E-state index contributed by atoms with van der Waals surface area (Å²) in [5, 5.41) is 2.80. The lowest BCUT2D eigenvalue weighted by Crippen LogP contribution is -2.51. The van der Waals surface area contributed by atoms with Crippen LogP contribution in [0.3, 0.4) is 0 Å². The van der Waals surface area contributed by atoms with Crippen LogP contribution in [0.2, 0.25) is 0 Å². The van der Waals surface area contributed by atoms with Crippen molar-refractivity contribution in [3.05, 3.63) is 64.0 Å². The molecule has 11 heteroatoms. The van der Waals surface area contributed by atoms with E-state index < -0.39 is 11.3 Å². The first kappa shape index (κ1) is 28.0. The van der Waals surface area contributed by atoms with Crippen molar-refractivity contribution in [3.8, 4) is 11.5 Å². The number of hydrogen-bond acceptors (Lipinski definition) is 8. The molecule has 2 aliphatic rings. The zero-order valence-corrected chi connectivity index (χ0v) is 23.3. The highest BCUT2D eigenvalue weighted by atomic mass is 16.5. The molecule has 2 aliphatic heterocycles. The first-order chi connectivity index (χ1) is 19.9. The van der Waals surface area contributed by atoms with Gasteiger partial charge in [-0.15, -0.1) is 0 Å². The molecule has 0 aliphatic carbocycles. The molecule has 0 atom stereocenters. The number of nitrogens with one attached hydrogen (secondary N) is 1. The molecule has 3 heterocycles. The van der Waals surface area contributed by atoms with E-state index in [2.05, 4.69) is 10.2 Å². The third-order valence-electron chi connectivity index (χ3n) is 7.61. The molecule has 3 aromatic rings. The molecule has 3 amide bonds. The van der Waals surface area contributed by atoms with Crippen LogP contribution in [-0.4, -0.2) is 87.6 Å². The number of anilines is 1. The first-order valence-electron chi connectivity index (χ1n) is 13.8. The van der Waals surface area contributed by atoms with Crippen molar-refractivity contribution in [1.82, 2.24) is 15.1 Å². The largest absolute Gasteiger partial charge is 0.493 e. The molecular formula is C30H34N4O7. The topological polar surface area (TPSA) is 122 Å². The predicted octanol–water partition coefficient (Wildman–Crippen LogP) is 2.51. The van der Waals surface area contributed by atoms with E-state index in [9.17, 15) is 19.2 Å². The van der Waals surface area contributed by atoms with Crippen molar-refractivity contribution in [3.63, 3.8) is 0 Å². The van der Waals surface area contributed by atoms with Gasteiger partial charge in [-0.05, 0) is 37.5 Å². The minimum Gasteiger partial charge on any atom is -0.493 e. The second kappa shape index (κ2) is 12.3. The van der Waals surface area contributed by atoms with Gasteiger partial charge in [-0.1, -0.05) is 12.1 Å². The van der Waals surface area contributed by atoms with Gasteiger partial charge in [0.05, 0.1) is 31.7 Å². The number of amides is 3. The van der Waals surface area contributed by atoms with E-state index in [0.717, 1.165) is 44.1 Å². The number of piperidine rings is 1. The Morgan fingerprint density at radius 2 is 1.54 bits per heavy atom. The normalized spacial score (nSPS) is 15.5. The van der Waals surface area contributed by atoms with Crippen molar-refractivity contribution in [2.75, 3.05) is 64.9 Å². The Morgan fingerprint density at radius 1 is 0.854 bits per heavy atom. The average Bonchev–Trinajstić information content (AvgIpc) is 3.02. The highest BCUT2D eigenvalue weighted by Crippen LogP contribution is 2.31. The Hall–Kier alpha value is -4.54. The Kier molecular flexibility index (Phi) is 8.42. The Balaban J connectivity index is 1.19. The van der Waals surface area contributed by atoms with E-state index >= 15 is 0 Å². The molecule has 0 unspecified atom stereocenters. The number of benzene rings is 2. The van der Waals surface area contributed by atoms with Crippen LogP contribution in [0.5, 0.6) is 11.5 Å². The van der Waals surface area contributed by atoms with Gasteiger partial charge in [0.2, 0.25) is 5.91 Å². The number of likely N-dealkylation sites (tertiary alicyclic amines) is 1. The summed E-state index contributed by atoms with van der Waals surface area (Å²) in [6, 6.07) is 11.7. The maximum Gasteiger partial charge on any atom is 0.287 e. The quantitative estimate of drug-likeness (QED) is 0.466. The predicted molar refractivity (Wildman–Crippen MR) is 153 cm³/mol. The van der Waals surface area contributed by atoms with Gasteiger partial charge in [0.15, 0.2) is 22.7 Å². The maximum atomic E-state index is 13.2. The van der Waals surface area contributed by atoms with Crippen LogP contribution in [-0.2, 0) is 4.79 Å². The molecule has 5 rings (SSSR count). The van der Waals surface area contributed by atoms with Crippen molar-refractivity contribution < 1.29 is 28.3 Å². The van der Waals surface area contributed by atoms with Gasteiger partial charge in [-0.2, -0.15) is 0 Å². The summed E-state index contributed by atoms with van der Waals surface area (Å²) in [6.45, 7) is 3.36. The molecule has 216 valence electrons. The zero-order valence-electron chi connectivity index (χ0n) is 23.3. The van der Waals surface area contributed by atoms with E-state index in [1.807, 2.05) is 29.2 Å². The van der Waals surface area contributed by atoms with Gasteiger partial charge in [0, 0.05) is 57.1 Å². The Morgan fingerprint density at radius 3 is 2.24 bits per heavy atom. The Bertz CT molecular complexity index is 1500. The highest BCUT2D eigenvalue weighted by Gasteiger charge is 2.27. The number of rotatable bonds is 7. The van der Waals surface area contributed by atoms with E-state index in [1.165, 1.54) is 26.4 Å². The van der Waals surface area contributed by atoms with Gasteiger partial charge in [0.25, 0.3) is 11.8 Å². The number of fused-ring (bicyclic) bond motifs is 1. The van der Waals surface area contributed by atoms with Crippen LogP contribution in [0.1, 0.15) is 40.2 Å². The van der Waals surface area contributed by atoms with Crippen molar-refractivity contribution >= 4 is 34.4 Å². The number of ether oxygens (including phenoxy) is 2. The SMILES string of the molecule is COc1cc2oc(C(=O)NCC(=O)N3CCN(c4ccccc4C(=O)N4CCCCC4)CC3)cc(=O)c2cc1OC. The van der Waals surface area contributed by atoms with Gasteiger partial charge in [-0.3, -0.25) is 19.2 Å². The van der Waals surface area contributed by atoms with Crippen LogP contribution < -0.4 is 25.1 Å². The smallest absolute Gasteiger partial charge is 0.287 e. The van der Waals surface area contributed by atoms with Crippen molar-refractivity contribution in [2.24, 2.45) is 0 Å². The number of nitrogens with zero attached hydrogens (tertiary/aromatic N) is 3. The lowest BCUT2D eigenvalue weighted by atomic mass is 10.1. The Labute approximate surface area is 237 Å². The summed E-state index contributed by atoms with van der Waals surface area (Å²) in [5.41, 5.74) is 1.32. The molecule has 0 spiro atoms. The third-order valence-corrected chi connectivity index (χ3v) is 7.61. The minimum atomic E-state index is -0.670. The number of methoxy groups -OCH3 is 2. The average molecular weight is 563 g/mol. The van der Waals surface area contributed by atoms with Crippen molar-refractivity contribution in [2.45, 2.75) is 19.3 Å². The second-order valence-electron chi connectivity index (χ2n) is 10.1. The zero-order chi connectivity index (χ0) is 28.9. The lowest BCUT2D eigenvalue weighted by Gasteiger charge is -2.37. The van der Waals surface area contributed by atoms with Gasteiger partial charge >= 0.3 is 0 Å². The fourth-order valence-electron chi connectivity index (χ4n) is 5.34. The van der Waals surface area contributed by atoms with Crippen LogP contribution in [0.25, 0.3) is 11.0 Å². The maximum absolute atomic E-state index is 13.2. The molecule has 1 aromatic heterocycles. The summed E-state index contributed by atoms with van der Waals surface area (Å²) >= 11 is 0. The standard InChI is InChI=1S/C30H34N4O7/c1-39-25-16-21-23(35)17-27(41-24(21)18-26(25)40-2)29(37)31-19-28(36)33-14-12-32(13-15-33)22-9-5-4-8-20(22)30(38)34-10-6-3-7-11-34/h4-5,8-9,16-18H,3,6-7,10-15,19H2,1-2H3,(H,31,37). The summed E-state index contributed by atoms with van der Waals surface area (Å²) in [6.07, 6.45) is 3.22. The molecule has 0 radical (unpaired) electrons. The molecular weight excluding hydrogens is 528 g/mol. The number of para-hydroxylation sites is 1. The molecule has 41 heavy (non-hydrogen) atoms. The summed E-state index contributed by atoms with van der Waals surface area (Å²) in [5.74, 6) is -0.344. The number of piperazine rings is 1. The van der Waals surface area contributed by atoms with Gasteiger partial charge in [-0.25, -0.2) is 0 Å². The fourth-order valence-corrected chi connectivity index (χ4v) is 5.34. The van der Waals surface area contributed by atoms with E-state index in [0.29, 0.717) is 43.2 Å². The van der Waals surface area contributed by atoms with Crippen LogP contribution in [0, 0.1) is 0 Å².